The maximum atomic E-state index is 2.65. The van der Waals surface area contributed by atoms with E-state index in [4.69, 9.17) is 0 Å². The molecule has 0 aromatic carbocycles. The first-order valence-corrected chi connectivity index (χ1v) is 6.98. The van der Waals surface area contributed by atoms with Crippen molar-refractivity contribution in [1.82, 2.24) is 4.90 Å². The molecule has 0 rings (SSSR count). The SMILES string of the molecule is CCCCCN(CC)C(C)(C)CC(C)(C)C. The summed E-state index contributed by atoms with van der Waals surface area (Å²) >= 11 is 0. The van der Waals surface area contributed by atoms with E-state index in [9.17, 15) is 0 Å². The predicted octanol–water partition coefficient (Wildman–Crippen LogP) is 4.71. The van der Waals surface area contributed by atoms with Gasteiger partial charge in [0.15, 0.2) is 0 Å². The Morgan fingerprint density at radius 2 is 1.44 bits per heavy atom. The zero-order chi connectivity index (χ0) is 12.8. The molecule has 0 aromatic rings. The Balaban J connectivity index is 4.30. The molecule has 0 heterocycles. The maximum absolute atomic E-state index is 2.65. The van der Waals surface area contributed by atoms with E-state index in [1.807, 2.05) is 0 Å². The van der Waals surface area contributed by atoms with Gasteiger partial charge in [-0.15, -0.1) is 0 Å². The Labute approximate surface area is 104 Å². The van der Waals surface area contributed by atoms with Gasteiger partial charge in [-0.1, -0.05) is 47.5 Å². The standard InChI is InChI=1S/C15H33N/c1-8-10-11-12-16(9-2)15(6,7)13-14(3,4)5/h8-13H2,1-7H3. The molecule has 0 aliphatic carbocycles. The quantitative estimate of drug-likeness (QED) is 0.569. The number of rotatable bonds is 7. The van der Waals surface area contributed by atoms with Crippen molar-refractivity contribution in [3.05, 3.63) is 0 Å². The fourth-order valence-corrected chi connectivity index (χ4v) is 2.85. The van der Waals surface area contributed by atoms with Crippen molar-refractivity contribution in [2.75, 3.05) is 13.1 Å². The number of nitrogens with zero attached hydrogens (tertiary/aromatic N) is 1. The largest absolute Gasteiger partial charge is 0.298 e. The summed E-state index contributed by atoms with van der Waals surface area (Å²) in [6.07, 6.45) is 5.29. The van der Waals surface area contributed by atoms with Crippen LogP contribution in [0.15, 0.2) is 0 Å². The highest BCUT2D eigenvalue weighted by atomic mass is 15.2. The van der Waals surface area contributed by atoms with Crippen molar-refractivity contribution in [2.24, 2.45) is 5.41 Å². The average molecular weight is 227 g/mol. The van der Waals surface area contributed by atoms with Crippen LogP contribution in [0.3, 0.4) is 0 Å². The first kappa shape index (κ1) is 16.0. The number of hydrogen-bond acceptors (Lipinski definition) is 1. The number of unbranched alkanes of at least 4 members (excludes halogenated alkanes) is 2. The van der Waals surface area contributed by atoms with Gasteiger partial charge in [-0.3, -0.25) is 4.90 Å². The molecule has 0 aliphatic heterocycles. The second-order valence-electron chi connectivity index (χ2n) is 6.84. The van der Waals surface area contributed by atoms with Crippen LogP contribution >= 0.6 is 0 Å². The summed E-state index contributed by atoms with van der Waals surface area (Å²) in [5.74, 6) is 0. The average Bonchev–Trinajstić information content (AvgIpc) is 2.08. The van der Waals surface area contributed by atoms with Crippen molar-refractivity contribution in [1.29, 1.82) is 0 Å². The topological polar surface area (TPSA) is 3.24 Å². The molecular formula is C15H33N. The summed E-state index contributed by atoms with van der Waals surface area (Å²) in [5.41, 5.74) is 0.752. The molecule has 16 heavy (non-hydrogen) atoms. The van der Waals surface area contributed by atoms with Crippen LogP contribution in [0.4, 0.5) is 0 Å². The molecule has 0 N–H and O–H groups in total. The minimum atomic E-state index is 0.334. The van der Waals surface area contributed by atoms with Crippen LogP contribution in [-0.4, -0.2) is 23.5 Å². The summed E-state index contributed by atoms with van der Waals surface area (Å²) in [6.45, 7) is 18.8. The van der Waals surface area contributed by atoms with E-state index >= 15 is 0 Å². The summed E-state index contributed by atoms with van der Waals surface area (Å²) in [5, 5.41) is 0. The highest BCUT2D eigenvalue weighted by molar-refractivity contribution is 4.85. The van der Waals surface area contributed by atoms with E-state index in [2.05, 4.69) is 53.4 Å². The maximum Gasteiger partial charge on any atom is 0.0158 e. The molecule has 1 heteroatoms. The molecule has 0 aliphatic rings. The third kappa shape index (κ3) is 6.52. The monoisotopic (exact) mass is 227 g/mol. The molecule has 1 nitrogen and oxygen atoms in total. The Morgan fingerprint density at radius 1 is 0.875 bits per heavy atom. The Bertz CT molecular complexity index is 176. The molecule has 0 saturated heterocycles. The summed E-state index contributed by atoms with van der Waals surface area (Å²) in [6, 6.07) is 0. The molecule has 0 spiro atoms. The molecule has 0 amide bonds. The van der Waals surface area contributed by atoms with Gasteiger partial charge in [0, 0.05) is 5.54 Å². The van der Waals surface area contributed by atoms with Crippen LogP contribution in [0.2, 0.25) is 0 Å². The molecule has 0 atom stereocenters. The molecule has 0 saturated carbocycles. The van der Waals surface area contributed by atoms with Crippen LogP contribution < -0.4 is 0 Å². The molecular weight excluding hydrogens is 194 g/mol. The Morgan fingerprint density at radius 3 is 1.81 bits per heavy atom. The van der Waals surface area contributed by atoms with Gasteiger partial charge < -0.3 is 0 Å². The second-order valence-corrected chi connectivity index (χ2v) is 6.84. The van der Waals surface area contributed by atoms with Gasteiger partial charge in [-0.2, -0.15) is 0 Å². The zero-order valence-electron chi connectivity index (χ0n) is 12.7. The molecule has 0 unspecified atom stereocenters. The van der Waals surface area contributed by atoms with Gasteiger partial charge in [-0.25, -0.2) is 0 Å². The van der Waals surface area contributed by atoms with Gasteiger partial charge >= 0.3 is 0 Å². The van der Waals surface area contributed by atoms with Crippen molar-refractivity contribution in [3.8, 4) is 0 Å². The van der Waals surface area contributed by atoms with Gasteiger partial charge in [-0.05, 0) is 45.2 Å². The van der Waals surface area contributed by atoms with Crippen molar-refractivity contribution in [2.45, 2.75) is 79.7 Å². The first-order chi connectivity index (χ1) is 7.23. The highest BCUT2D eigenvalue weighted by Gasteiger charge is 2.30. The van der Waals surface area contributed by atoms with Gasteiger partial charge in [0.25, 0.3) is 0 Å². The third-order valence-electron chi connectivity index (χ3n) is 3.23. The van der Waals surface area contributed by atoms with Crippen molar-refractivity contribution in [3.63, 3.8) is 0 Å². The van der Waals surface area contributed by atoms with E-state index in [0.29, 0.717) is 11.0 Å². The molecule has 0 radical (unpaired) electrons. The summed E-state index contributed by atoms with van der Waals surface area (Å²) in [4.78, 5) is 2.65. The molecule has 98 valence electrons. The lowest BCUT2D eigenvalue weighted by molar-refractivity contribution is 0.0805. The van der Waals surface area contributed by atoms with Gasteiger partial charge in [0.1, 0.15) is 0 Å². The van der Waals surface area contributed by atoms with E-state index in [1.165, 1.54) is 38.8 Å². The number of hydrogen-bond donors (Lipinski definition) is 0. The van der Waals surface area contributed by atoms with Crippen LogP contribution in [0.25, 0.3) is 0 Å². The van der Waals surface area contributed by atoms with Crippen molar-refractivity contribution >= 4 is 0 Å². The lowest BCUT2D eigenvalue weighted by atomic mass is 9.80. The zero-order valence-corrected chi connectivity index (χ0v) is 12.7. The smallest absolute Gasteiger partial charge is 0.0158 e. The molecule has 0 fully saturated rings. The lowest BCUT2D eigenvalue weighted by Gasteiger charge is -2.42. The lowest BCUT2D eigenvalue weighted by Crippen LogP contribution is -2.46. The van der Waals surface area contributed by atoms with E-state index in [-0.39, 0.29) is 0 Å². The third-order valence-corrected chi connectivity index (χ3v) is 3.23. The minimum Gasteiger partial charge on any atom is -0.298 e. The van der Waals surface area contributed by atoms with Crippen LogP contribution in [0.1, 0.15) is 74.1 Å². The van der Waals surface area contributed by atoms with Crippen LogP contribution in [0.5, 0.6) is 0 Å². The summed E-state index contributed by atoms with van der Waals surface area (Å²) in [7, 11) is 0. The minimum absolute atomic E-state index is 0.334. The van der Waals surface area contributed by atoms with Crippen LogP contribution in [-0.2, 0) is 0 Å². The fraction of sp³-hybridized carbons (Fsp3) is 1.00. The molecule has 0 bridgehead atoms. The first-order valence-electron chi connectivity index (χ1n) is 6.98. The van der Waals surface area contributed by atoms with E-state index < -0.39 is 0 Å². The van der Waals surface area contributed by atoms with Gasteiger partial charge in [0.2, 0.25) is 0 Å². The fourth-order valence-electron chi connectivity index (χ4n) is 2.85. The highest BCUT2D eigenvalue weighted by Crippen LogP contribution is 2.31. The normalized spacial score (nSPS) is 13.5. The van der Waals surface area contributed by atoms with Crippen molar-refractivity contribution < 1.29 is 0 Å². The Kier molecular flexibility index (Phi) is 6.62. The summed E-state index contributed by atoms with van der Waals surface area (Å²) < 4.78 is 0. The van der Waals surface area contributed by atoms with Crippen LogP contribution in [0, 0.1) is 5.41 Å². The van der Waals surface area contributed by atoms with Gasteiger partial charge in [0.05, 0.1) is 0 Å². The van der Waals surface area contributed by atoms with E-state index in [1.54, 1.807) is 0 Å². The molecule has 0 aromatic heterocycles. The second kappa shape index (κ2) is 6.64. The predicted molar refractivity (Wildman–Crippen MR) is 74.9 cm³/mol. The Hall–Kier alpha value is -0.0400. The van der Waals surface area contributed by atoms with E-state index in [0.717, 1.165) is 0 Å².